The summed E-state index contributed by atoms with van der Waals surface area (Å²) in [6, 6.07) is 13.6. The van der Waals surface area contributed by atoms with Gasteiger partial charge in [-0.3, -0.25) is 9.78 Å². The number of nitrogens with zero attached hydrogens (tertiary/aromatic N) is 1. The zero-order valence-corrected chi connectivity index (χ0v) is 11.9. The fraction of sp³-hybridized carbons (Fsp3) is 0.176. The summed E-state index contributed by atoms with van der Waals surface area (Å²) in [5.41, 5.74) is 1.99. The highest BCUT2D eigenvalue weighted by Gasteiger charge is 2.09. The van der Waals surface area contributed by atoms with Crippen LogP contribution < -0.4 is 5.32 Å². The topological polar surface area (TPSA) is 51.2 Å². The van der Waals surface area contributed by atoms with Crippen LogP contribution in [0.2, 0.25) is 0 Å². The van der Waals surface area contributed by atoms with Crippen LogP contribution in [0.3, 0.4) is 0 Å². The minimum Gasteiger partial charge on any atom is -0.361 e. The molecule has 0 saturated carbocycles. The molecule has 2 rings (SSSR count). The van der Waals surface area contributed by atoms with Gasteiger partial charge >= 0.3 is 0 Å². The molecule has 1 N–H and O–H groups in total. The Morgan fingerprint density at radius 3 is 2.76 bits per heavy atom. The fourth-order valence-electron chi connectivity index (χ4n) is 1.87. The number of nitrogens with one attached hydrogen (secondary N) is 1. The second-order valence-electron chi connectivity index (χ2n) is 4.54. The number of methoxy groups -OCH3 is 1. The smallest absolute Gasteiger partial charge is 0.245 e. The van der Waals surface area contributed by atoms with Crippen LogP contribution in [0.1, 0.15) is 11.1 Å². The number of hydrogen-bond donors (Lipinski definition) is 1. The molecular weight excluding hydrogens is 264 g/mol. The van der Waals surface area contributed by atoms with Crippen molar-refractivity contribution in [2.45, 2.75) is 12.6 Å². The van der Waals surface area contributed by atoms with E-state index in [0.717, 1.165) is 11.1 Å². The number of carbonyl (C=O) groups excluding carboxylic acids is 1. The van der Waals surface area contributed by atoms with Crippen molar-refractivity contribution in [3.63, 3.8) is 0 Å². The first kappa shape index (κ1) is 14.9. The Morgan fingerprint density at radius 1 is 1.29 bits per heavy atom. The number of benzene rings is 1. The number of carbonyl (C=O) groups is 1. The molecule has 0 bridgehead atoms. The van der Waals surface area contributed by atoms with Crippen molar-refractivity contribution in [1.82, 2.24) is 10.3 Å². The number of rotatable bonds is 6. The van der Waals surface area contributed by atoms with E-state index in [4.69, 9.17) is 4.74 Å². The summed E-state index contributed by atoms with van der Waals surface area (Å²) < 4.78 is 5.30. The van der Waals surface area contributed by atoms with E-state index >= 15 is 0 Å². The van der Waals surface area contributed by atoms with E-state index in [9.17, 15) is 4.79 Å². The zero-order chi connectivity index (χ0) is 14.9. The Balaban J connectivity index is 1.89. The normalized spacial score (nSPS) is 12.2. The Bertz CT molecular complexity index is 582. The Morgan fingerprint density at radius 2 is 2.10 bits per heavy atom. The number of amides is 1. The molecule has 1 unspecified atom stereocenters. The molecule has 0 fully saturated rings. The van der Waals surface area contributed by atoms with Gasteiger partial charge in [0.25, 0.3) is 0 Å². The van der Waals surface area contributed by atoms with Crippen LogP contribution in [-0.2, 0) is 16.0 Å². The molecule has 0 saturated heterocycles. The lowest BCUT2D eigenvalue weighted by atomic mass is 10.1. The number of ether oxygens (including phenoxy) is 1. The molecular formula is C17H18N2O2. The van der Waals surface area contributed by atoms with E-state index in [0.29, 0.717) is 6.42 Å². The molecule has 108 valence electrons. The standard InChI is InChI=1S/C17H18N2O2/c1-21-17(12-14-6-3-2-4-7-14)19-16(20)10-9-15-8-5-11-18-13-15/h2-11,13,17H,12H2,1H3,(H,19,20)/b10-9+. The summed E-state index contributed by atoms with van der Waals surface area (Å²) in [5.74, 6) is -0.193. The van der Waals surface area contributed by atoms with Crippen molar-refractivity contribution in [1.29, 1.82) is 0 Å². The minimum atomic E-state index is -0.349. The monoisotopic (exact) mass is 282 g/mol. The van der Waals surface area contributed by atoms with Crippen LogP contribution >= 0.6 is 0 Å². The lowest BCUT2D eigenvalue weighted by Crippen LogP contribution is -2.36. The van der Waals surface area contributed by atoms with Crippen LogP contribution in [0.25, 0.3) is 6.08 Å². The first-order valence-corrected chi connectivity index (χ1v) is 6.73. The molecule has 1 amide bonds. The summed E-state index contributed by atoms with van der Waals surface area (Å²) in [6.07, 6.45) is 6.87. The fourth-order valence-corrected chi connectivity index (χ4v) is 1.87. The van der Waals surface area contributed by atoms with Crippen molar-refractivity contribution in [2.24, 2.45) is 0 Å². The number of hydrogen-bond acceptors (Lipinski definition) is 3. The third-order valence-corrected chi connectivity index (χ3v) is 2.96. The van der Waals surface area contributed by atoms with Crippen LogP contribution in [0, 0.1) is 0 Å². The van der Waals surface area contributed by atoms with Gasteiger partial charge in [0.05, 0.1) is 0 Å². The van der Waals surface area contributed by atoms with Gasteiger partial charge in [-0.05, 0) is 23.3 Å². The molecule has 4 nitrogen and oxygen atoms in total. The SMILES string of the molecule is COC(Cc1ccccc1)NC(=O)/C=C/c1cccnc1. The summed E-state index contributed by atoms with van der Waals surface area (Å²) in [4.78, 5) is 15.9. The molecule has 0 aliphatic rings. The van der Waals surface area contributed by atoms with Gasteiger partial charge in [0, 0.05) is 32.0 Å². The number of aromatic nitrogens is 1. The van der Waals surface area contributed by atoms with Gasteiger partial charge in [0.1, 0.15) is 6.23 Å². The molecule has 2 aromatic rings. The Hall–Kier alpha value is -2.46. The third kappa shape index (κ3) is 5.20. The van der Waals surface area contributed by atoms with Gasteiger partial charge in [0.2, 0.25) is 5.91 Å². The second-order valence-corrected chi connectivity index (χ2v) is 4.54. The summed E-state index contributed by atoms with van der Waals surface area (Å²) in [5, 5.41) is 2.82. The average molecular weight is 282 g/mol. The average Bonchev–Trinajstić information content (AvgIpc) is 2.54. The van der Waals surface area contributed by atoms with Crippen molar-refractivity contribution in [3.05, 3.63) is 72.1 Å². The van der Waals surface area contributed by atoms with Crippen LogP contribution in [0.5, 0.6) is 0 Å². The molecule has 1 aromatic heterocycles. The molecule has 0 aliphatic heterocycles. The first-order valence-electron chi connectivity index (χ1n) is 6.73. The van der Waals surface area contributed by atoms with Crippen molar-refractivity contribution < 1.29 is 9.53 Å². The predicted octanol–water partition coefficient (Wildman–Crippen LogP) is 2.43. The lowest BCUT2D eigenvalue weighted by Gasteiger charge is -2.16. The summed E-state index contributed by atoms with van der Waals surface area (Å²) in [7, 11) is 1.58. The van der Waals surface area contributed by atoms with Gasteiger partial charge in [0.15, 0.2) is 0 Å². The van der Waals surface area contributed by atoms with E-state index in [1.54, 1.807) is 25.6 Å². The molecule has 4 heteroatoms. The first-order chi connectivity index (χ1) is 10.3. The van der Waals surface area contributed by atoms with E-state index in [2.05, 4.69) is 10.3 Å². The van der Waals surface area contributed by atoms with Crippen molar-refractivity contribution in [2.75, 3.05) is 7.11 Å². The van der Waals surface area contributed by atoms with E-state index < -0.39 is 0 Å². The largest absolute Gasteiger partial charge is 0.361 e. The van der Waals surface area contributed by atoms with Crippen molar-refractivity contribution >= 4 is 12.0 Å². The second kappa shape index (κ2) is 7.97. The molecule has 0 radical (unpaired) electrons. The molecule has 1 aromatic carbocycles. The summed E-state index contributed by atoms with van der Waals surface area (Å²) >= 11 is 0. The van der Waals surface area contributed by atoms with Gasteiger partial charge < -0.3 is 10.1 Å². The quantitative estimate of drug-likeness (QED) is 0.654. The zero-order valence-electron chi connectivity index (χ0n) is 11.9. The van der Waals surface area contributed by atoms with E-state index in [1.165, 1.54) is 6.08 Å². The maximum atomic E-state index is 11.9. The number of pyridine rings is 1. The summed E-state index contributed by atoms with van der Waals surface area (Å²) in [6.45, 7) is 0. The van der Waals surface area contributed by atoms with E-state index in [1.807, 2.05) is 42.5 Å². The van der Waals surface area contributed by atoms with E-state index in [-0.39, 0.29) is 12.1 Å². The molecule has 1 heterocycles. The third-order valence-electron chi connectivity index (χ3n) is 2.96. The molecule has 0 spiro atoms. The predicted molar refractivity (Wildman–Crippen MR) is 82.4 cm³/mol. The van der Waals surface area contributed by atoms with Gasteiger partial charge in [-0.15, -0.1) is 0 Å². The Labute approximate surface area is 124 Å². The molecule has 21 heavy (non-hydrogen) atoms. The molecule has 1 atom stereocenters. The van der Waals surface area contributed by atoms with Gasteiger partial charge in [-0.1, -0.05) is 36.4 Å². The van der Waals surface area contributed by atoms with Crippen LogP contribution in [0.4, 0.5) is 0 Å². The van der Waals surface area contributed by atoms with Gasteiger partial charge in [-0.2, -0.15) is 0 Å². The maximum absolute atomic E-state index is 11.9. The van der Waals surface area contributed by atoms with Crippen LogP contribution in [-0.4, -0.2) is 24.2 Å². The van der Waals surface area contributed by atoms with Crippen LogP contribution in [0.15, 0.2) is 60.9 Å². The highest BCUT2D eigenvalue weighted by Crippen LogP contribution is 2.04. The Kier molecular flexibility index (Phi) is 5.67. The van der Waals surface area contributed by atoms with Crippen molar-refractivity contribution in [3.8, 4) is 0 Å². The highest BCUT2D eigenvalue weighted by molar-refractivity contribution is 5.91. The highest BCUT2D eigenvalue weighted by atomic mass is 16.5. The lowest BCUT2D eigenvalue weighted by molar-refractivity contribution is -0.120. The minimum absolute atomic E-state index is 0.193. The molecule has 0 aliphatic carbocycles. The maximum Gasteiger partial charge on any atom is 0.245 e. The van der Waals surface area contributed by atoms with Gasteiger partial charge in [-0.25, -0.2) is 0 Å².